The van der Waals surface area contributed by atoms with Gasteiger partial charge in [-0.2, -0.15) is 0 Å². The van der Waals surface area contributed by atoms with Crippen molar-refractivity contribution in [2.75, 3.05) is 31.7 Å². The lowest BCUT2D eigenvalue weighted by atomic mass is 10.1. The van der Waals surface area contributed by atoms with Crippen LogP contribution < -0.4 is 4.90 Å². The number of esters is 1. The molecular weight excluding hydrogens is 264 g/mol. The van der Waals surface area contributed by atoms with Crippen LogP contribution in [0.4, 0.5) is 11.4 Å². The number of rotatable bonds is 4. The van der Waals surface area contributed by atoms with Crippen molar-refractivity contribution in [2.45, 2.75) is 12.5 Å². The fourth-order valence-corrected chi connectivity index (χ4v) is 2.15. The molecule has 1 saturated heterocycles. The van der Waals surface area contributed by atoms with Gasteiger partial charge in [0, 0.05) is 30.9 Å². The molecule has 1 aromatic carbocycles. The Hall–Kier alpha value is -2.15. The zero-order valence-corrected chi connectivity index (χ0v) is 11.2. The van der Waals surface area contributed by atoms with Crippen LogP contribution >= 0.6 is 0 Å². The predicted molar refractivity (Wildman–Crippen MR) is 71.7 cm³/mol. The summed E-state index contributed by atoms with van der Waals surface area (Å²) in [5.41, 5.74) is 0.816. The molecule has 0 amide bonds. The summed E-state index contributed by atoms with van der Waals surface area (Å²) in [7, 11) is 1.34. The highest BCUT2D eigenvalue weighted by molar-refractivity contribution is 5.70. The van der Waals surface area contributed by atoms with Gasteiger partial charge in [0.2, 0.25) is 0 Å². The maximum absolute atomic E-state index is 11.3. The van der Waals surface area contributed by atoms with E-state index < -0.39 is 4.92 Å². The minimum Gasteiger partial charge on any atom is -0.469 e. The van der Waals surface area contributed by atoms with Crippen molar-refractivity contribution in [1.82, 2.24) is 0 Å². The van der Waals surface area contributed by atoms with Gasteiger partial charge in [0.25, 0.3) is 5.69 Å². The van der Waals surface area contributed by atoms with Crippen molar-refractivity contribution in [3.63, 3.8) is 0 Å². The van der Waals surface area contributed by atoms with Crippen LogP contribution in [0, 0.1) is 10.1 Å². The fourth-order valence-electron chi connectivity index (χ4n) is 2.15. The summed E-state index contributed by atoms with van der Waals surface area (Å²) in [6.45, 7) is 1.62. The quantitative estimate of drug-likeness (QED) is 0.470. The molecular formula is C13H16N2O5. The Morgan fingerprint density at radius 1 is 1.60 bits per heavy atom. The lowest BCUT2D eigenvalue weighted by Gasteiger charge is -2.34. The molecule has 0 radical (unpaired) electrons. The van der Waals surface area contributed by atoms with Crippen LogP contribution in [0.25, 0.3) is 0 Å². The minimum absolute atomic E-state index is 0.0542. The molecule has 1 aliphatic heterocycles. The number of non-ortho nitro benzene ring substituents is 1. The zero-order valence-electron chi connectivity index (χ0n) is 11.2. The summed E-state index contributed by atoms with van der Waals surface area (Å²) in [6, 6.07) is 6.45. The van der Waals surface area contributed by atoms with Gasteiger partial charge in [0.05, 0.1) is 31.2 Å². The lowest BCUT2D eigenvalue weighted by Crippen LogP contribution is -2.43. The van der Waals surface area contributed by atoms with Crippen molar-refractivity contribution < 1.29 is 19.2 Å². The third kappa shape index (κ3) is 3.45. The van der Waals surface area contributed by atoms with Gasteiger partial charge in [0.1, 0.15) is 0 Å². The molecule has 1 aromatic rings. The van der Waals surface area contributed by atoms with Gasteiger partial charge in [-0.05, 0) is 6.07 Å². The first kappa shape index (κ1) is 14.3. The molecule has 0 N–H and O–H groups in total. The molecule has 2 rings (SSSR count). The summed E-state index contributed by atoms with van der Waals surface area (Å²) in [5, 5.41) is 10.8. The van der Waals surface area contributed by atoms with Gasteiger partial charge in [0.15, 0.2) is 0 Å². The normalized spacial score (nSPS) is 18.6. The number of anilines is 1. The highest BCUT2D eigenvalue weighted by Crippen LogP contribution is 2.23. The molecule has 1 heterocycles. The second kappa shape index (κ2) is 6.33. The number of ether oxygens (including phenoxy) is 2. The number of carbonyl (C=O) groups is 1. The number of carbonyl (C=O) groups excluding carboxylic acids is 1. The standard InChI is InChI=1S/C13H16N2O5/c1-19-13(16)8-12-9-14(5-6-20-12)10-3-2-4-11(7-10)15(17)18/h2-4,7,12H,5-6,8-9H2,1H3. The second-order valence-corrected chi connectivity index (χ2v) is 4.50. The van der Waals surface area contributed by atoms with E-state index in [1.165, 1.54) is 19.2 Å². The molecule has 1 unspecified atom stereocenters. The SMILES string of the molecule is COC(=O)CC1CN(c2cccc([N+](=O)[O-])c2)CCO1. The fraction of sp³-hybridized carbons (Fsp3) is 0.462. The van der Waals surface area contributed by atoms with Crippen molar-refractivity contribution in [2.24, 2.45) is 0 Å². The van der Waals surface area contributed by atoms with E-state index in [1.54, 1.807) is 6.07 Å². The molecule has 20 heavy (non-hydrogen) atoms. The Balaban J connectivity index is 2.06. The first-order chi connectivity index (χ1) is 9.60. The third-order valence-corrected chi connectivity index (χ3v) is 3.17. The molecule has 1 atom stereocenters. The van der Waals surface area contributed by atoms with Gasteiger partial charge in [-0.3, -0.25) is 14.9 Å². The average molecular weight is 280 g/mol. The summed E-state index contributed by atoms with van der Waals surface area (Å²) in [5.74, 6) is -0.323. The van der Waals surface area contributed by atoms with E-state index in [9.17, 15) is 14.9 Å². The number of nitro benzene ring substituents is 1. The van der Waals surface area contributed by atoms with Crippen LogP contribution in [0.5, 0.6) is 0 Å². The van der Waals surface area contributed by atoms with Gasteiger partial charge >= 0.3 is 5.97 Å². The van der Waals surface area contributed by atoms with Gasteiger partial charge in [-0.15, -0.1) is 0 Å². The first-order valence-electron chi connectivity index (χ1n) is 6.28. The number of methoxy groups -OCH3 is 1. The molecule has 7 heteroatoms. The van der Waals surface area contributed by atoms with E-state index in [-0.39, 0.29) is 24.2 Å². The molecule has 0 saturated carbocycles. The van der Waals surface area contributed by atoms with E-state index in [1.807, 2.05) is 11.0 Å². The summed E-state index contributed by atoms with van der Waals surface area (Å²) in [6.07, 6.45) is -0.0717. The van der Waals surface area contributed by atoms with Crippen molar-refractivity contribution >= 4 is 17.3 Å². The Morgan fingerprint density at radius 3 is 3.10 bits per heavy atom. The van der Waals surface area contributed by atoms with Crippen LogP contribution in [-0.4, -0.2) is 43.8 Å². The molecule has 1 aliphatic rings. The number of hydrogen-bond acceptors (Lipinski definition) is 6. The Morgan fingerprint density at radius 2 is 2.40 bits per heavy atom. The average Bonchev–Trinajstić information content (AvgIpc) is 2.47. The topological polar surface area (TPSA) is 81.9 Å². The van der Waals surface area contributed by atoms with Gasteiger partial charge in [-0.25, -0.2) is 0 Å². The number of morpholine rings is 1. The largest absolute Gasteiger partial charge is 0.469 e. The zero-order chi connectivity index (χ0) is 14.5. The second-order valence-electron chi connectivity index (χ2n) is 4.50. The summed E-state index contributed by atoms with van der Waals surface area (Å²) >= 11 is 0. The number of nitro groups is 1. The van der Waals surface area contributed by atoms with Crippen LogP contribution in [0.1, 0.15) is 6.42 Å². The summed E-state index contributed by atoms with van der Waals surface area (Å²) < 4.78 is 10.1. The minimum atomic E-state index is -0.421. The van der Waals surface area contributed by atoms with Gasteiger partial charge in [-0.1, -0.05) is 6.07 Å². The predicted octanol–water partition coefficient (Wildman–Crippen LogP) is 1.36. The van der Waals surface area contributed by atoms with Crippen LogP contribution in [0.15, 0.2) is 24.3 Å². The van der Waals surface area contributed by atoms with Crippen molar-refractivity contribution in [3.8, 4) is 0 Å². The Kier molecular flexibility index (Phi) is 4.52. The Bertz CT molecular complexity index is 505. The van der Waals surface area contributed by atoms with Crippen LogP contribution in [0.2, 0.25) is 0 Å². The van der Waals surface area contributed by atoms with Gasteiger partial charge < -0.3 is 14.4 Å². The number of nitrogens with zero attached hydrogens (tertiary/aromatic N) is 2. The third-order valence-electron chi connectivity index (χ3n) is 3.17. The first-order valence-corrected chi connectivity index (χ1v) is 6.28. The number of hydrogen-bond donors (Lipinski definition) is 0. The molecule has 0 bridgehead atoms. The lowest BCUT2D eigenvalue weighted by molar-refractivity contribution is -0.384. The highest BCUT2D eigenvalue weighted by atomic mass is 16.6. The Labute approximate surface area is 116 Å². The molecule has 108 valence electrons. The maximum atomic E-state index is 11.3. The van der Waals surface area contributed by atoms with E-state index in [4.69, 9.17) is 4.74 Å². The molecule has 0 spiro atoms. The van der Waals surface area contributed by atoms with Crippen LogP contribution in [-0.2, 0) is 14.3 Å². The van der Waals surface area contributed by atoms with E-state index in [0.29, 0.717) is 19.7 Å². The summed E-state index contributed by atoms with van der Waals surface area (Å²) in [4.78, 5) is 23.6. The maximum Gasteiger partial charge on any atom is 0.308 e. The van der Waals surface area contributed by atoms with Crippen LogP contribution in [0.3, 0.4) is 0 Å². The molecule has 0 aromatic heterocycles. The van der Waals surface area contributed by atoms with E-state index in [2.05, 4.69) is 4.74 Å². The van der Waals surface area contributed by atoms with Crippen molar-refractivity contribution in [1.29, 1.82) is 0 Å². The smallest absolute Gasteiger partial charge is 0.308 e. The molecule has 7 nitrogen and oxygen atoms in total. The van der Waals surface area contributed by atoms with Crippen molar-refractivity contribution in [3.05, 3.63) is 34.4 Å². The highest BCUT2D eigenvalue weighted by Gasteiger charge is 2.24. The molecule has 1 fully saturated rings. The number of benzene rings is 1. The van der Waals surface area contributed by atoms with E-state index in [0.717, 1.165) is 5.69 Å². The monoisotopic (exact) mass is 280 g/mol. The van der Waals surface area contributed by atoms with E-state index >= 15 is 0 Å². The molecule has 0 aliphatic carbocycles.